The summed E-state index contributed by atoms with van der Waals surface area (Å²) in [6.45, 7) is 4.21. The van der Waals surface area contributed by atoms with Crippen LogP contribution in [-0.2, 0) is 0 Å². The number of halogens is 1. The number of carbonyl (C=O) groups is 1. The van der Waals surface area contributed by atoms with Gasteiger partial charge in [-0.2, -0.15) is 0 Å². The van der Waals surface area contributed by atoms with Gasteiger partial charge in [0, 0.05) is 11.6 Å². The molecule has 0 unspecified atom stereocenters. The first kappa shape index (κ1) is 12.8. The molecule has 0 atom stereocenters. The van der Waals surface area contributed by atoms with Crippen molar-refractivity contribution in [1.29, 1.82) is 0 Å². The molecule has 3 nitrogen and oxygen atoms in total. The molecule has 1 amide bonds. The van der Waals surface area contributed by atoms with E-state index in [0.717, 1.165) is 18.5 Å². The minimum atomic E-state index is -0.440. The Morgan fingerprint density at radius 2 is 2.06 bits per heavy atom. The zero-order valence-corrected chi connectivity index (χ0v) is 10.3. The van der Waals surface area contributed by atoms with Crippen LogP contribution in [0.2, 0.25) is 5.02 Å². The normalized spacial score (nSPS) is 10.5. The molecule has 0 radical (unpaired) electrons. The molecule has 16 heavy (non-hydrogen) atoms. The molecular formula is C12H17ClN2O. The lowest BCUT2D eigenvalue weighted by molar-refractivity contribution is 0.100. The maximum atomic E-state index is 11.0. The SMILES string of the molecule is CCC(CC)Nc1cc(C(N)=O)ccc1Cl. The van der Waals surface area contributed by atoms with E-state index < -0.39 is 5.91 Å². The van der Waals surface area contributed by atoms with Gasteiger partial charge in [0.2, 0.25) is 5.91 Å². The fourth-order valence-electron chi connectivity index (χ4n) is 1.50. The summed E-state index contributed by atoms with van der Waals surface area (Å²) in [5, 5.41) is 3.91. The molecule has 1 aromatic carbocycles. The highest BCUT2D eigenvalue weighted by molar-refractivity contribution is 6.33. The molecule has 0 saturated heterocycles. The Kier molecular flexibility index (Phi) is 4.62. The van der Waals surface area contributed by atoms with Crippen LogP contribution < -0.4 is 11.1 Å². The van der Waals surface area contributed by atoms with Crippen LogP contribution in [0.3, 0.4) is 0 Å². The number of hydrogen-bond acceptors (Lipinski definition) is 2. The third kappa shape index (κ3) is 3.14. The summed E-state index contributed by atoms with van der Waals surface area (Å²) >= 11 is 6.04. The second-order valence-electron chi connectivity index (χ2n) is 3.72. The molecule has 0 heterocycles. The topological polar surface area (TPSA) is 55.1 Å². The van der Waals surface area contributed by atoms with Crippen LogP contribution in [0.25, 0.3) is 0 Å². The van der Waals surface area contributed by atoms with E-state index in [2.05, 4.69) is 19.2 Å². The molecule has 0 bridgehead atoms. The molecule has 4 heteroatoms. The highest BCUT2D eigenvalue weighted by Crippen LogP contribution is 2.24. The molecule has 88 valence electrons. The van der Waals surface area contributed by atoms with Gasteiger partial charge >= 0.3 is 0 Å². The molecule has 3 N–H and O–H groups in total. The molecule has 0 fully saturated rings. The number of primary amides is 1. The summed E-state index contributed by atoms with van der Waals surface area (Å²) in [6, 6.07) is 5.37. The van der Waals surface area contributed by atoms with Crippen LogP contribution in [0.15, 0.2) is 18.2 Å². The lowest BCUT2D eigenvalue weighted by Gasteiger charge is -2.17. The van der Waals surface area contributed by atoms with Crippen molar-refractivity contribution in [3.05, 3.63) is 28.8 Å². The van der Waals surface area contributed by atoms with Gasteiger partial charge in [-0.15, -0.1) is 0 Å². The minimum Gasteiger partial charge on any atom is -0.381 e. The van der Waals surface area contributed by atoms with E-state index in [-0.39, 0.29) is 0 Å². The van der Waals surface area contributed by atoms with E-state index in [0.29, 0.717) is 16.6 Å². The fraction of sp³-hybridized carbons (Fsp3) is 0.417. The summed E-state index contributed by atoms with van der Waals surface area (Å²) in [7, 11) is 0. The van der Waals surface area contributed by atoms with Crippen molar-refractivity contribution < 1.29 is 4.79 Å². The van der Waals surface area contributed by atoms with Gasteiger partial charge in [0.1, 0.15) is 0 Å². The van der Waals surface area contributed by atoms with Crippen LogP contribution in [0.1, 0.15) is 37.0 Å². The second-order valence-corrected chi connectivity index (χ2v) is 4.12. The maximum Gasteiger partial charge on any atom is 0.248 e. The van der Waals surface area contributed by atoms with Crippen LogP contribution in [-0.4, -0.2) is 11.9 Å². The largest absolute Gasteiger partial charge is 0.381 e. The average Bonchev–Trinajstić information content (AvgIpc) is 2.27. The zero-order chi connectivity index (χ0) is 12.1. The van der Waals surface area contributed by atoms with E-state index in [1.54, 1.807) is 18.2 Å². The van der Waals surface area contributed by atoms with Gasteiger partial charge in [-0.1, -0.05) is 25.4 Å². The van der Waals surface area contributed by atoms with Crippen LogP contribution >= 0.6 is 11.6 Å². The molecule has 0 saturated carbocycles. The average molecular weight is 241 g/mol. The lowest BCUT2D eigenvalue weighted by atomic mass is 10.1. The summed E-state index contributed by atoms with van der Waals surface area (Å²) in [5.41, 5.74) is 6.46. The lowest BCUT2D eigenvalue weighted by Crippen LogP contribution is -2.18. The van der Waals surface area contributed by atoms with E-state index >= 15 is 0 Å². The van der Waals surface area contributed by atoms with Crippen molar-refractivity contribution in [2.45, 2.75) is 32.7 Å². The number of nitrogens with one attached hydrogen (secondary N) is 1. The number of amides is 1. The third-order valence-corrected chi connectivity index (χ3v) is 2.93. The van der Waals surface area contributed by atoms with Crippen molar-refractivity contribution in [2.24, 2.45) is 5.73 Å². The van der Waals surface area contributed by atoms with Crippen LogP contribution in [0.4, 0.5) is 5.69 Å². The van der Waals surface area contributed by atoms with Crippen molar-refractivity contribution in [3.63, 3.8) is 0 Å². The molecule has 0 aliphatic rings. The highest BCUT2D eigenvalue weighted by atomic mass is 35.5. The fourth-order valence-corrected chi connectivity index (χ4v) is 1.67. The molecule has 1 rings (SSSR count). The summed E-state index contributed by atoms with van der Waals surface area (Å²) < 4.78 is 0. The van der Waals surface area contributed by atoms with Crippen molar-refractivity contribution in [2.75, 3.05) is 5.32 Å². The molecular weight excluding hydrogens is 224 g/mol. The van der Waals surface area contributed by atoms with Crippen molar-refractivity contribution in [1.82, 2.24) is 0 Å². The summed E-state index contributed by atoms with van der Waals surface area (Å²) in [4.78, 5) is 11.0. The Morgan fingerprint density at radius 3 is 2.56 bits per heavy atom. The predicted molar refractivity (Wildman–Crippen MR) is 68.0 cm³/mol. The van der Waals surface area contributed by atoms with Gasteiger partial charge in [0.05, 0.1) is 10.7 Å². The first-order valence-corrected chi connectivity index (χ1v) is 5.82. The summed E-state index contributed by atoms with van der Waals surface area (Å²) in [6.07, 6.45) is 2.02. The van der Waals surface area contributed by atoms with E-state index in [1.807, 2.05) is 0 Å². The molecule has 0 spiro atoms. The Hall–Kier alpha value is -1.22. The Morgan fingerprint density at radius 1 is 1.44 bits per heavy atom. The van der Waals surface area contributed by atoms with E-state index in [4.69, 9.17) is 17.3 Å². The third-order valence-electron chi connectivity index (χ3n) is 2.60. The van der Waals surface area contributed by atoms with Crippen LogP contribution in [0.5, 0.6) is 0 Å². The number of rotatable bonds is 5. The number of carbonyl (C=O) groups excluding carboxylic acids is 1. The maximum absolute atomic E-state index is 11.0. The van der Waals surface area contributed by atoms with Gasteiger partial charge in [0.15, 0.2) is 0 Å². The number of benzene rings is 1. The van der Waals surface area contributed by atoms with Gasteiger partial charge < -0.3 is 11.1 Å². The minimum absolute atomic E-state index is 0.362. The number of anilines is 1. The number of hydrogen-bond donors (Lipinski definition) is 2. The van der Waals surface area contributed by atoms with Gasteiger partial charge in [-0.3, -0.25) is 4.79 Å². The van der Waals surface area contributed by atoms with Gasteiger partial charge in [-0.05, 0) is 31.0 Å². The Bertz CT molecular complexity index is 375. The highest BCUT2D eigenvalue weighted by Gasteiger charge is 2.09. The van der Waals surface area contributed by atoms with Crippen molar-refractivity contribution in [3.8, 4) is 0 Å². The first-order chi connectivity index (χ1) is 7.58. The Balaban J connectivity index is 2.93. The van der Waals surface area contributed by atoms with Gasteiger partial charge in [0.25, 0.3) is 0 Å². The smallest absolute Gasteiger partial charge is 0.248 e. The van der Waals surface area contributed by atoms with Crippen molar-refractivity contribution >= 4 is 23.2 Å². The Labute approximate surface area is 101 Å². The molecule has 0 aliphatic heterocycles. The summed E-state index contributed by atoms with van der Waals surface area (Å²) in [5.74, 6) is -0.440. The second kappa shape index (κ2) is 5.75. The van der Waals surface area contributed by atoms with Crippen LogP contribution in [0, 0.1) is 0 Å². The van der Waals surface area contributed by atoms with E-state index in [9.17, 15) is 4.79 Å². The predicted octanol–water partition coefficient (Wildman–Crippen LogP) is 3.04. The monoisotopic (exact) mass is 240 g/mol. The molecule has 0 aromatic heterocycles. The molecule has 0 aliphatic carbocycles. The quantitative estimate of drug-likeness (QED) is 0.831. The molecule has 1 aromatic rings. The van der Waals surface area contributed by atoms with Gasteiger partial charge in [-0.25, -0.2) is 0 Å². The standard InChI is InChI=1S/C12H17ClN2O/c1-3-9(4-2)15-11-7-8(12(14)16)5-6-10(11)13/h5-7,9,15H,3-4H2,1-2H3,(H2,14,16). The first-order valence-electron chi connectivity index (χ1n) is 5.44. The van der Waals surface area contributed by atoms with E-state index in [1.165, 1.54) is 0 Å². The zero-order valence-electron chi connectivity index (χ0n) is 9.59. The number of nitrogens with two attached hydrogens (primary N) is 1.